The molecule has 126 valence electrons. The van der Waals surface area contributed by atoms with Gasteiger partial charge < -0.3 is 9.47 Å². The van der Waals surface area contributed by atoms with E-state index in [0.717, 1.165) is 37.0 Å². The lowest BCUT2D eigenvalue weighted by Gasteiger charge is -2.28. The molecule has 23 heavy (non-hydrogen) atoms. The number of fused-ring (bicyclic) bond motifs is 1. The molecule has 3 heterocycles. The van der Waals surface area contributed by atoms with Crippen LogP contribution in [0.3, 0.4) is 0 Å². The second-order valence-electron chi connectivity index (χ2n) is 6.31. The van der Waals surface area contributed by atoms with Crippen molar-refractivity contribution in [1.29, 1.82) is 0 Å². The molecule has 1 atom stereocenters. The fourth-order valence-corrected chi connectivity index (χ4v) is 3.13. The van der Waals surface area contributed by atoms with E-state index in [-0.39, 0.29) is 0 Å². The Morgan fingerprint density at radius 3 is 2.87 bits per heavy atom. The third kappa shape index (κ3) is 3.57. The molecule has 8 heteroatoms. The number of imidazole rings is 1. The van der Waals surface area contributed by atoms with E-state index in [2.05, 4.69) is 20.1 Å². The summed E-state index contributed by atoms with van der Waals surface area (Å²) in [6, 6.07) is 0. The van der Waals surface area contributed by atoms with Crippen molar-refractivity contribution in [2.24, 2.45) is 5.92 Å². The Morgan fingerprint density at radius 2 is 2.22 bits per heavy atom. The molecule has 0 bridgehead atoms. The van der Waals surface area contributed by atoms with E-state index in [1.54, 1.807) is 4.57 Å². The molecule has 0 saturated heterocycles. The van der Waals surface area contributed by atoms with Crippen molar-refractivity contribution < 1.29 is 13.2 Å². The average Bonchev–Trinajstić information content (AvgIpc) is 3.05. The van der Waals surface area contributed by atoms with Gasteiger partial charge in [0, 0.05) is 43.5 Å². The van der Waals surface area contributed by atoms with Crippen molar-refractivity contribution in [1.82, 2.24) is 24.6 Å². The molecule has 1 aliphatic heterocycles. The third-order valence-corrected chi connectivity index (χ3v) is 4.33. The number of aromatic amines is 1. The minimum absolute atomic E-state index is 0.329. The van der Waals surface area contributed by atoms with Crippen LogP contribution in [0.5, 0.6) is 0 Å². The zero-order valence-corrected chi connectivity index (χ0v) is 13.2. The van der Waals surface area contributed by atoms with Gasteiger partial charge in [-0.3, -0.25) is 5.10 Å². The van der Waals surface area contributed by atoms with Gasteiger partial charge in [0.15, 0.2) is 5.69 Å². The summed E-state index contributed by atoms with van der Waals surface area (Å²) in [5.74, 6) is 0.872. The number of hydrogen-bond donors (Lipinski definition) is 1. The molecule has 0 aliphatic carbocycles. The normalized spacial score (nSPS) is 18.4. The first kappa shape index (κ1) is 16.0. The van der Waals surface area contributed by atoms with Gasteiger partial charge in [0.1, 0.15) is 5.82 Å². The van der Waals surface area contributed by atoms with Crippen molar-refractivity contribution in [3.63, 3.8) is 0 Å². The quantitative estimate of drug-likeness (QED) is 0.939. The molecule has 1 aliphatic rings. The first-order valence-corrected chi connectivity index (χ1v) is 7.63. The highest BCUT2D eigenvalue weighted by molar-refractivity contribution is 5.14. The van der Waals surface area contributed by atoms with E-state index < -0.39 is 11.9 Å². The third-order valence-electron chi connectivity index (χ3n) is 4.33. The van der Waals surface area contributed by atoms with Crippen LogP contribution in [0.1, 0.15) is 29.2 Å². The molecule has 0 radical (unpaired) electrons. The molecule has 5 nitrogen and oxygen atoms in total. The molecule has 0 aromatic carbocycles. The highest BCUT2D eigenvalue weighted by Crippen LogP contribution is 2.30. The minimum Gasteiger partial charge on any atom is -0.334 e. The van der Waals surface area contributed by atoms with Crippen LogP contribution in [0.15, 0.2) is 12.4 Å². The number of alkyl halides is 3. The molecule has 0 amide bonds. The number of hydrogen-bond acceptors (Lipinski definition) is 3. The lowest BCUT2D eigenvalue weighted by atomic mass is 9.99. The molecular weight excluding hydrogens is 307 g/mol. The second kappa shape index (κ2) is 5.99. The topological polar surface area (TPSA) is 49.7 Å². The Bertz CT molecular complexity index is 673. The predicted octanol–water partition coefficient (Wildman–Crippen LogP) is 2.63. The summed E-state index contributed by atoms with van der Waals surface area (Å²) in [4.78, 5) is 5.91. The van der Waals surface area contributed by atoms with E-state index in [1.807, 2.05) is 20.2 Å². The molecule has 2 aromatic rings. The molecule has 0 spiro atoms. The van der Waals surface area contributed by atoms with Crippen molar-refractivity contribution >= 4 is 0 Å². The molecule has 1 N–H and O–H groups in total. The van der Waals surface area contributed by atoms with Gasteiger partial charge in [-0.2, -0.15) is 18.3 Å². The molecular formula is C15H20F3N5. The summed E-state index contributed by atoms with van der Waals surface area (Å²) in [7, 11) is 2.02. The highest BCUT2D eigenvalue weighted by atomic mass is 19.4. The summed E-state index contributed by atoms with van der Waals surface area (Å²) in [6.45, 7) is 4.19. The van der Waals surface area contributed by atoms with Crippen LogP contribution in [0, 0.1) is 12.8 Å². The van der Waals surface area contributed by atoms with Gasteiger partial charge in [0.05, 0.1) is 6.20 Å². The molecule has 3 rings (SSSR count). The van der Waals surface area contributed by atoms with E-state index in [9.17, 15) is 13.2 Å². The van der Waals surface area contributed by atoms with Gasteiger partial charge in [-0.15, -0.1) is 0 Å². The summed E-state index contributed by atoms with van der Waals surface area (Å²) < 4.78 is 39.9. The van der Waals surface area contributed by atoms with Gasteiger partial charge in [-0.05, 0) is 26.3 Å². The summed E-state index contributed by atoms with van der Waals surface area (Å²) in [6.07, 6.45) is 0.0514. The van der Waals surface area contributed by atoms with E-state index in [4.69, 9.17) is 0 Å². The highest BCUT2D eigenvalue weighted by Gasteiger charge is 2.35. The number of aryl methyl sites for hydroxylation is 2. The summed E-state index contributed by atoms with van der Waals surface area (Å²) >= 11 is 0. The van der Waals surface area contributed by atoms with Gasteiger partial charge in [-0.1, -0.05) is 0 Å². The lowest BCUT2D eigenvalue weighted by Crippen LogP contribution is -2.31. The average molecular weight is 327 g/mol. The maximum atomic E-state index is 12.7. The first-order valence-electron chi connectivity index (χ1n) is 7.63. The largest absolute Gasteiger partial charge is 0.434 e. The van der Waals surface area contributed by atoms with E-state index >= 15 is 0 Å². The lowest BCUT2D eigenvalue weighted by molar-refractivity contribution is -0.141. The molecule has 0 unspecified atom stereocenters. The van der Waals surface area contributed by atoms with Gasteiger partial charge in [0.25, 0.3) is 0 Å². The smallest absolute Gasteiger partial charge is 0.334 e. The molecule has 0 fully saturated rings. The Balaban J connectivity index is 1.61. The maximum Gasteiger partial charge on any atom is 0.434 e. The van der Waals surface area contributed by atoms with Gasteiger partial charge in [-0.25, -0.2) is 4.98 Å². The Labute approximate surface area is 132 Å². The second-order valence-corrected chi connectivity index (χ2v) is 6.31. The number of nitrogens with one attached hydrogen (secondary N) is 1. The minimum atomic E-state index is -4.37. The summed E-state index contributed by atoms with van der Waals surface area (Å²) in [5.41, 5.74) is 1.41. The Kier molecular flexibility index (Phi) is 4.18. The number of aromatic nitrogens is 4. The summed E-state index contributed by atoms with van der Waals surface area (Å²) in [5, 5.41) is 6.92. The predicted molar refractivity (Wildman–Crippen MR) is 78.7 cm³/mol. The molecule has 2 aromatic heterocycles. The van der Waals surface area contributed by atoms with Crippen LogP contribution < -0.4 is 0 Å². The number of nitrogens with zero attached hydrogens (tertiary/aromatic N) is 4. The van der Waals surface area contributed by atoms with Crippen LogP contribution in [-0.4, -0.2) is 38.2 Å². The SMILES string of the molecule is Cc1[nH]ncc1CN(C)C[C@@H]1CCc2nc(C(F)(F)F)cn2C1. The van der Waals surface area contributed by atoms with Crippen molar-refractivity contribution in [2.75, 3.05) is 13.6 Å². The van der Waals surface area contributed by atoms with Crippen LogP contribution in [0.25, 0.3) is 0 Å². The van der Waals surface area contributed by atoms with E-state index in [0.29, 0.717) is 24.7 Å². The van der Waals surface area contributed by atoms with Crippen molar-refractivity contribution in [3.05, 3.63) is 35.2 Å². The zero-order chi connectivity index (χ0) is 16.6. The van der Waals surface area contributed by atoms with Crippen molar-refractivity contribution in [2.45, 2.75) is 39.0 Å². The standard InChI is InChI=1S/C15H20F3N5/c1-10-12(5-19-21-10)8-22(2)6-11-3-4-14-20-13(15(16,17)18)9-23(14)7-11/h5,9,11H,3-4,6-8H2,1-2H3,(H,19,21)/t11-/m0/s1. The maximum absolute atomic E-state index is 12.7. The fraction of sp³-hybridized carbons (Fsp3) is 0.600. The monoisotopic (exact) mass is 327 g/mol. The van der Waals surface area contributed by atoms with Crippen LogP contribution in [0.2, 0.25) is 0 Å². The number of rotatable bonds is 4. The first-order chi connectivity index (χ1) is 10.8. The van der Waals surface area contributed by atoms with E-state index in [1.165, 1.54) is 0 Å². The fourth-order valence-electron chi connectivity index (χ4n) is 3.13. The molecule has 0 saturated carbocycles. The van der Waals surface area contributed by atoms with Crippen LogP contribution in [-0.2, 0) is 25.7 Å². The van der Waals surface area contributed by atoms with Crippen LogP contribution >= 0.6 is 0 Å². The zero-order valence-electron chi connectivity index (χ0n) is 13.2. The van der Waals surface area contributed by atoms with Gasteiger partial charge in [0.2, 0.25) is 0 Å². The van der Waals surface area contributed by atoms with Crippen LogP contribution in [0.4, 0.5) is 13.2 Å². The Hall–Kier alpha value is -1.83. The van der Waals surface area contributed by atoms with Crippen molar-refractivity contribution in [3.8, 4) is 0 Å². The number of H-pyrrole nitrogens is 1. The Morgan fingerprint density at radius 1 is 1.43 bits per heavy atom. The van der Waals surface area contributed by atoms with Gasteiger partial charge >= 0.3 is 6.18 Å². The number of halogens is 3.